The Balaban J connectivity index is 1.53. The summed E-state index contributed by atoms with van der Waals surface area (Å²) in [4.78, 5) is 16.3. The first-order valence-electron chi connectivity index (χ1n) is 7.72. The van der Waals surface area contributed by atoms with Crippen molar-refractivity contribution in [3.8, 4) is 11.5 Å². The fourth-order valence-corrected chi connectivity index (χ4v) is 2.33. The topological polar surface area (TPSA) is 75.4 Å². The van der Waals surface area contributed by atoms with Gasteiger partial charge in [0.2, 0.25) is 11.8 Å². The van der Waals surface area contributed by atoms with Crippen molar-refractivity contribution < 1.29 is 14.3 Å². The molecule has 1 unspecified atom stereocenters. The molecule has 0 fully saturated rings. The molecule has 3 aromatic rings. The monoisotopic (exact) mass is 322 g/mol. The van der Waals surface area contributed by atoms with Gasteiger partial charge in [0.05, 0.1) is 24.8 Å². The average molecular weight is 322 g/mol. The molecule has 5 nitrogen and oxygen atoms in total. The molecule has 0 saturated carbocycles. The van der Waals surface area contributed by atoms with E-state index in [1.807, 2.05) is 48.5 Å². The van der Waals surface area contributed by atoms with Crippen LogP contribution in [0.2, 0.25) is 0 Å². The number of nitrogens with one attached hydrogen (secondary N) is 1. The van der Waals surface area contributed by atoms with Crippen LogP contribution in [0.5, 0.6) is 0 Å². The Kier molecular flexibility index (Phi) is 5.03. The number of nitrogens with zero attached hydrogens (tertiary/aromatic N) is 1. The normalized spacial score (nSPS) is 11.9. The predicted molar refractivity (Wildman–Crippen MR) is 89.8 cm³/mol. The van der Waals surface area contributed by atoms with Crippen LogP contribution in [0.3, 0.4) is 0 Å². The molecule has 0 saturated heterocycles. The Morgan fingerprint density at radius 2 is 1.75 bits per heavy atom. The number of carbonyl (C=O) groups is 1. The Bertz CT molecular complexity index is 785. The number of rotatable bonds is 6. The average Bonchev–Trinajstić information content (AvgIpc) is 3.10. The summed E-state index contributed by atoms with van der Waals surface area (Å²) in [6.45, 7) is 0.261. The van der Waals surface area contributed by atoms with E-state index < -0.39 is 6.10 Å². The Labute approximate surface area is 140 Å². The van der Waals surface area contributed by atoms with Crippen LogP contribution in [-0.4, -0.2) is 16.0 Å². The molecule has 0 aliphatic rings. The molecular formula is C19H18N2O3. The number of aliphatic hydroxyl groups is 1. The Morgan fingerprint density at radius 1 is 1.08 bits per heavy atom. The van der Waals surface area contributed by atoms with Gasteiger partial charge in [-0.1, -0.05) is 48.5 Å². The van der Waals surface area contributed by atoms with Crippen molar-refractivity contribution in [1.82, 2.24) is 10.3 Å². The van der Waals surface area contributed by atoms with Crippen molar-refractivity contribution in [2.24, 2.45) is 0 Å². The molecule has 0 radical (unpaired) electrons. The van der Waals surface area contributed by atoms with Crippen LogP contribution in [0.15, 0.2) is 71.3 Å². The van der Waals surface area contributed by atoms with E-state index in [2.05, 4.69) is 10.3 Å². The highest BCUT2D eigenvalue weighted by atomic mass is 16.3. The maximum absolute atomic E-state index is 11.9. The summed E-state index contributed by atoms with van der Waals surface area (Å²) in [6, 6.07) is 18.7. The van der Waals surface area contributed by atoms with Gasteiger partial charge in [-0.3, -0.25) is 4.79 Å². The summed E-state index contributed by atoms with van der Waals surface area (Å²) in [5.74, 6) is 0.278. The fourth-order valence-electron chi connectivity index (χ4n) is 2.33. The Hall–Kier alpha value is -2.92. The zero-order valence-corrected chi connectivity index (χ0v) is 13.1. The molecule has 0 spiro atoms. The number of aliphatic hydroxyl groups excluding tert-OH is 1. The second-order valence-electron chi connectivity index (χ2n) is 5.42. The van der Waals surface area contributed by atoms with Crippen LogP contribution in [0, 0.1) is 0 Å². The minimum atomic E-state index is -0.816. The highest BCUT2D eigenvalue weighted by Gasteiger charge is 2.13. The fraction of sp³-hybridized carbons (Fsp3) is 0.158. The van der Waals surface area contributed by atoms with Crippen LogP contribution < -0.4 is 5.32 Å². The van der Waals surface area contributed by atoms with Crippen molar-refractivity contribution in [2.45, 2.75) is 19.1 Å². The highest BCUT2D eigenvalue weighted by molar-refractivity contribution is 5.76. The quantitative estimate of drug-likeness (QED) is 0.731. The van der Waals surface area contributed by atoms with Crippen molar-refractivity contribution in [2.75, 3.05) is 0 Å². The largest absolute Gasteiger partial charge is 0.444 e. The second-order valence-corrected chi connectivity index (χ2v) is 5.42. The molecule has 24 heavy (non-hydrogen) atoms. The van der Waals surface area contributed by atoms with Gasteiger partial charge in [-0.25, -0.2) is 4.98 Å². The first kappa shape index (κ1) is 16.0. The van der Waals surface area contributed by atoms with E-state index in [0.29, 0.717) is 11.6 Å². The lowest BCUT2D eigenvalue weighted by Gasteiger charge is -2.10. The number of amides is 1. The summed E-state index contributed by atoms with van der Waals surface area (Å²) < 4.78 is 5.42. The van der Waals surface area contributed by atoms with Gasteiger partial charge >= 0.3 is 0 Å². The van der Waals surface area contributed by atoms with Crippen LogP contribution >= 0.6 is 0 Å². The molecule has 1 amide bonds. The third-order valence-corrected chi connectivity index (χ3v) is 3.60. The van der Waals surface area contributed by atoms with E-state index in [4.69, 9.17) is 4.42 Å². The molecule has 3 rings (SSSR count). The molecule has 2 N–H and O–H groups in total. The predicted octanol–water partition coefficient (Wildman–Crippen LogP) is 3.08. The van der Waals surface area contributed by atoms with Gasteiger partial charge in [-0.2, -0.15) is 0 Å². The third-order valence-electron chi connectivity index (χ3n) is 3.60. The van der Waals surface area contributed by atoms with Gasteiger partial charge in [0, 0.05) is 5.56 Å². The van der Waals surface area contributed by atoms with Gasteiger partial charge in [-0.05, 0) is 17.7 Å². The maximum atomic E-state index is 11.9. The lowest BCUT2D eigenvalue weighted by atomic mass is 10.1. The van der Waals surface area contributed by atoms with E-state index >= 15 is 0 Å². The van der Waals surface area contributed by atoms with Crippen molar-refractivity contribution in [1.29, 1.82) is 0 Å². The summed E-state index contributed by atoms with van der Waals surface area (Å²) >= 11 is 0. The standard InChI is InChI=1S/C19H18N2O3/c22-17(14-7-3-1-4-8-14)11-18(23)20-12-16-13-24-19(21-16)15-9-5-2-6-10-15/h1-10,13,17,22H,11-12H2,(H,20,23). The van der Waals surface area contributed by atoms with Crippen LogP contribution in [0.1, 0.15) is 23.8 Å². The lowest BCUT2D eigenvalue weighted by Crippen LogP contribution is -2.24. The zero-order valence-electron chi connectivity index (χ0n) is 13.1. The van der Waals surface area contributed by atoms with E-state index in [9.17, 15) is 9.90 Å². The second kappa shape index (κ2) is 7.57. The minimum Gasteiger partial charge on any atom is -0.444 e. The summed E-state index contributed by atoms with van der Waals surface area (Å²) in [6.07, 6.45) is 0.715. The van der Waals surface area contributed by atoms with Gasteiger partial charge in [0.25, 0.3) is 0 Å². The van der Waals surface area contributed by atoms with Gasteiger partial charge in [0.15, 0.2) is 0 Å². The van der Waals surface area contributed by atoms with E-state index in [0.717, 1.165) is 11.1 Å². The van der Waals surface area contributed by atoms with Crippen molar-refractivity contribution in [3.63, 3.8) is 0 Å². The number of aromatic nitrogens is 1. The molecule has 2 aromatic carbocycles. The van der Waals surface area contributed by atoms with Gasteiger partial charge in [0.1, 0.15) is 6.26 Å². The van der Waals surface area contributed by atoms with E-state index in [1.54, 1.807) is 12.1 Å². The Morgan fingerprint density at radius 3 is 2.46 bits per heavy atom. The maximum Gasteiger partial charge on any atom is 0.226 e. The highest BCUT2D eigenvalue weighted by Crippen LogP contribution is 2.18. The van der Waals surface area contributed by atoms with E-state index in [1.165, 1.54) is 6.26 Å². The van der Waals surface area contributed by atoms with Gasteiger partial charge in [-0.15, -0.1) is 0 Å². The van der Waals surface area contributed by atoms with Crippen molar-refractivity contribution >= 4 is 5.91 Å². The molecule has 1 aromatic heterocycles. The SMILES string of the molecule is O=C(CC(O)c1ccccc1)NCc1coc(-c2ccccc2)n1. The number of carbonyl (C=O) groups excluding carboxylic acids is 1. The summed E-state index contributed by atoms with van der Waals surface area (Å²) in [5.41, 5.74) is 2.24. The van der Waals surface area contributed by atoms with Crippen molar-refractivity contribution in [3.05, 3.63) is 78.2 Å². The molecule has 0 aliphatic heterocycles. The zero-order chi connectivity index (χ0) is 16.8. The van der Waals surface area contributed by atoms with Crippen LogP contribution in [-0.2, 0) is 11.3 Å². The third kappa shape index (κ3) is 4.08. The molecule has 5 heteroatoms. The van der Waals surface area contributed by atoms with Crippen LogP contribution in [0.25, 0.3) is 11.5 Å². The smallest absolute Gasteiger partial charge is 0.226 e. The molecule has 0 bridgehead atoms. The van der Waals surface area contributed by atoms with Crippen LogP contribution in [0.4, 0.5) is 0 Å². The lowest BCUT2D eigenvalue weighted by molar-refractivity contribution is -0.123. The molecule has 1 atom stereocenters. The first-order chi connectivity index (χ1) is 11.7. The molecule has 0 aliphatic carbocycles. The minimum absolute atomic E-state index is 0.00735. The number of benzene rings is 2. The summed E-state index contributed by atoms with van der Waals surface area (Å²) in [7, 11) is 0. The molecule has 1 heterocycles. The molecular weight excluding hydrogens is 304 g/mol. The number of oxazole rings is 1. The number of hydrogen-bond donors (Lipinski definition) is 2. The molecule has 122 valence electrons. The van der Waals surface area contributed by atoms with E-state index in [-0.39, 0.29) is 18.9 Å². The number of hydrogen-bond acceptors (Lipinski definition) is 4. The first-order valence-corrected chi connectivity index (χ1v) is 7.72. The van der Waals surface area contributed by atoms with Gasteiger partial charge < -0.3 is 14.8 Å². The summed E-state index contributed by atoms with van der Waals surface area (Å²) in [5, 5.41) is 12.8.